The van der Waals surface area contributed by atoms with Gasteiger partial charge in [-0.2, -0.15) is 0 Å². The number of hydrogen-bond acceptors (Lipinski definition) is 7. The van der Waals surface area contributed by atoms with Gasteiger partial charge in [-0.15, -0.1) is 5.10 Å². The van der Waals surface area contributed by atoms with Gasteiger partial charge in [0.15, 0.2) is 0 Å². The number of morpholine rings is 1. The highest BCUT2D eigenvalue weighted by Gasteiger charge is 2.20. The number of anilines is 2. The third-order valence-corrected chi connectivity index (χ3v) is 4.39. The number of amides is 1. The van der Waals surface area contributed by atoms with Crippen LogP contribution in [0.25, 0.3) is 5.69 Å². The summed E-state index contributed by atoms with van der Waals surface area (Å²) in [4.78, 5) is 19.3. The summed E-state index contributed by atoms with van der Waals surface area (Å²) in [5.74, 6) is 0.486. The number of ether oxygens (including phenoxy) is 1. The number of nitrogens with zero attached hydrogens (tertiary/aromatic N) is 6. The Morgan fingerprint density at radius 3 is 2.81 bits per heavy atom. The van der Waals surface area contributed by atoms with E-state index in [-0.39, 0.29) is 5.91 Å². The van der Waals surface area contributed by atoms with Gasteiger partial charge in [0, 0.05) is 25.0 Å². The van der Waals surface area contributed by atoms with Crippen molar-refractivity contribution in [3.63, 3.8) is 0 Å². The molecule has 1 aromatic carbocycles. The predicted molar refractivity (Wildman–Crippen MR) is 99.1 cm³/mol. The maximum Gasteiger partial charge on any atom is 0.259 e. The number of pyridine rings is 1. The smallest absolute Gasteiger partial charge is 0.259 e. The molecule has 3 heterocycles. The van der Waals surface area contributed by atoms with Crippen molar-refractivity contribution in [2.45, 2.75) is 6.92 Å². The van der Waals surface area contributed by atoms with Gasteiger partial charge in [0.05, 0.1) is 24.5 Å². The van der Waals surface area contributed by atoms with Crippen molar-refractivity contribution in [1.29, 1.82) is 0 Å². The average molecular weight is 365 g/mol. The lowest BCUT2D eigenvalue weighted by atomic mass is 10.1. The van der Waals surface area contributed by atoms with Gasteiger partial charge < -0.3 is 15.0 Å². The molecule has 0 atom stereocenters. The Labute approximate surface area is 156 Å². The summed E-state index contributed by atoms with van der Waals surface area (Å²) >= 11 is 0. The molecule has 0 bridgehead atoms. The fourth-order valence-electron chi connectivity index (χ4n) is 3.06. The molecule has 0 saturated carbocycles. The zero-order valence-corrected chi connectivity index (χ0v) is 14.9. The van der Waals surface area contributed by atoms with E-state index in [1.807, 2.05) is 25.1 Å². The molecule has 1 saturated heterocycles. The van der Waals surface area contributed by atoms with E-state index in [1.165, 1.54) is 6.33 Å². The standard InChI is InChI=1S/C18H19N7O2/c1-13-11-14(4-5-16(13)25-12-20-22-23-25)21-18(26)15-3-2-6-19-17(15)24-7-9-27-10-8-24/h2-6,11-12H,7-10H2,1H3,(H,21,26). The number of carbonyl (C=O) groups excluding carboxylic acids is 1. The average Bonchev–Trinajstić information content (AvgIpc) is 3.23. The Kier molecular flexibility index (Phi) is 4.75. The highest BCUT2D eigenvalue weighted by Crippen LogP contribution is 2.22. The molecule has 9 nitrogen and oxygen atoms in total. The van der Waals surface area contributed by atoms with Gasteiger partial charge in [-0.05, 0) is 53.2 Å². The Hall–Kier alpha value is -3.33. The second-order valence-electron chi connectivity index (χ2n) is 6.18. The van der Waals surface area contributed by atoms with Crippen LogP contribution in [0.4, 0.5) is 11.5 Å². The molecule has 1 aliphatic heterocycles. The van der Waals surface area contributed by atoms with Crippen LogP contribution < -0.4 is 10.2 Å². The number of hydrogen-bond donors (Lipinski definition) is 1. The summed E-state index contributed by atoms with van der Waals surface area (Å²) in [6, 6.07) is 9.14. The normalized spacial score (nSPS) is 14.2. The van der Waals surface area contributed by atoms with Crippen molar-refractivity contribution < 1.29 is 9.53 Å². The highest BCUT2D eigenvalue weighted by atomic mass is 16.5. The topological polar surface area (TPSA) is 98.1 Å². The van der Waals surface area contributed by atoms with Gasteiger partial charge in [-0.1, -0.05) is 0 Å². The predicted octanol–water partition coefficient (Wildman–Crippen LogP) is 1.45. The number of carbonyl (C=O) groups is 1. The van der Waals surface area contributed by atoms with Crippen LogP contribution in [0, 0.1) is 6.92 Å². The molecule has 1 aliphatic rings. The van der Waals surface area contributed by atoms with Gasteiger partial charge in [-0.3, -0.25) is 4.79 Å². The zero-order valence-electron chi connectivity index (χ0n) is 14.9. The van der Waals surface area contributed by atoms with E-state index in [9.17, 15) is 4.79 Å². The maximum absolute atomic E-state index is 12.9. The zero-order chi connectivity index (χ0) is 18.6. The van der Waals surface area contributed by atoms with Gasteiger partial charge in [0.25, 0.3) is 5.91 Å². The lowest BCUT2D eigenvalue weighted by Gasteiger charge is -2.29. The summed E-state index contributed by atoms with van der Waals surface area (Å²) in [7, 11) is 0. The van der Waals surface area contributed by atoms with Crippen LogP contribution >= 0.6 is 0 Å². The van der Waals surface area contributed by atoms with Crippen LogP contribution in [-0.4, -0.2) is 57.4 Å². The summed E-state index contributed by atoms with van der Waals surface area (Å²) in [6.07, 6.45) is 3.23. The lowest BCUT2D eigenvalue weighted by molar-refractivity contribution is 0.102. The molecule has 0 aliphatic carbocycles. The lowest BCUT2D eigenvalue weighted by Crippen LogP contribution is -2.38. The van der Waals surface area contributed by atoms with Gasteiger partial charge in [0.2, 0.25) is 0 Å². The van der Waals surface area contributed by atoms with E-state index in [2.05, 4.69) is 30.7 Å². The SMILES string of the molecule is Cc1cc(NC(=O)c2cccnc2N2CCOCC2)ccc1-n1cnnn1. The Morgan fingerprint density at radius 1 is 1.22 bits per heavy atom. The van der Waals surface area contributed by atoms with Crippen LogP contribution in [-0.2, 0) is 4.74 Å². The molecule has 1 fully saturated rings. The number of benzene rings is 1. The van der Waals surface area contributed by atoms with Crippen molar-refractivity contribution in [2.24, 2.45) is 0 Å². The minimum atomic E-state index is -0.195. The first kappa shape index (κ1) is 17.1. The van der Waals surface area contributed by atoms with Gasteiger partial charge >= 0.3 is 0 Å². The second kappa shape index (κ2) is 7.50. The van der Waals surface area contributed by atoms with Crippen molar-refractivity contribution in [1.82, 2.24) is 25.2 Å². The Balaban J connectivity index is 1.55. The third kappa shape index (κ3) is 3.63. The van der Waals surface area contributed by atoms with Crippen LogP contribution in [0.15, 0.2) is 42.9 Å². The molecule has 0 radical (unpaired) electrons. The van der Waals surface area contributed by atoms with E-state index in [0.717, 1.165) is 24.3 Å². The van der Waals surface area contributed by atoms with Crippen molar-refractivity contribution in [2.75, 3.05) is 36.5 Å². The van der Waals surface area contributed by atoms with Gasteiger partial charge in [-0.25, -0.2) is 9.67 Å². The summed E-state index contributed by atoms with van der Waals surface area (Å²) in [6.45, 7) is 4.65. The van der Waals surface area contributed by atoms with Crippen LogP contribution in [0.3, 0.4) is 0 Å². The summed E-state index contributed by atoms with van der Waals surface area (Å²) in [5.41, 5.74) is 3.04. The van der Waals surface area contributed by atoms with Crippen molar-refractivity contribution in [3.05, 3.63) is 54.0 Å². The van der Waals surface area contributed by atoms with E-state index in [0.29, 0.717) is 30.3 Å². The Morgan fingerprint density at radius 2 is 2.07 bits per heavy atom. The van der Waals surface area contributed by atoms with E-state index in [1.54, 1.807) is 23.0 Å². The molecular weight excluding hydrogens is 346 g/mol. The minimum absolute atomic E-state index is 0.195. The molecular formula is C18H19N7O2. The molecule has 1 N–H and O–H groups in total. The van der Waals surface area contributed by atoms with E-state index in [4.69, 9.17) is 4.74 Å². The van der Waals surface area contributed by atoms with Gasteiger partial charge in [0.1, 0.15) is 12.1 Å². The highest BCUT2D eigenvalue weighted by molar-refractivity contribution is 6.07. The summed E-state index contributed by atoms with van der Waals surface area (Å²) < 4.78 is 6.97. The maximum atomic E-state index is 12.9. The molecule has 0 spiro atoms. The molecule has 27 heavy (non-hydrogen) atoms. The Bertz CT molecular complexity index is 937. The molecule has 9 heteroatoms. The number of tetrazole rings is 1. The first-order valence-electron chi connectivity index (χ1n) is 8.65. The first-order chi connectivity index (χ1) is 13.2. The van der Waals surface area contributed by atoms with Crippen molar-refractivity contribution in [3.8, 4) is 5.69 Å². The number of rotatable bonds is 4. The van der Waals surface area contributed by atoms with Crippen molar-refractivity contribution >= 4 is 17.4 Å². The number of nitrogens with one attached hydrogen (secondary N) is 1. The van der Waals surface area contributed by atoms with Crippen LogP contribution in [0.2, 0.25) is 0 Å². The number of aromatic nitrogens is 5. The summed E-state index contributed by atoms with van der Waals surface area (Å²) in [5, 5.41) is 14.1. The molecule has 138 valence electrons. The molecule has 0 unspecified atom stereocenters. The number of aryl methyl sites for hydroxylation is 1. The molecule has 3 aromatic rings. The monoisotopic (exact) mass is 365 g/mol. The van der Waals surface area contributed by atoms with E-state index >= 15 is 0 Å². The second-order valence-corrected chi connectivity index (χ2v) is 6.18. The first-order valence-corrected chi connectivity index (χ1v) is 8.65. The third-order valence-electron chi connectivity index (χ3n) is 4.39. The molecule has 2 aromatic heterocycles. The fourth-order valence-corrected chi connectivity index (χ4v) is 3.06. The fraction of sp³-hybridized carbons (Fsp3) is 0.278. The molecule has 1 amide bonds. The van der Waals surface area contributed by atoms with Crippen LogP contribution in [0.5, 0.6) is 0 Å². The molecule has 4 rings (SSSR count). The van der Waals surface area contributed by atoms with E-state index < -0.39 is 0 Å². The largest absolute Gasteiger partial charge is 0.378 e. The van der Waals surface area contributed by atoms with Crippen LogP contribution in [0.1, 0.15) is 15.9 Å². The quantitative estimate of drug-likeness (QED) is 0.747. The minimum Gasteiger partial charge on any atom is -0.378 e.